The first-order valence-electron chi connectivity index (χ1n) is 8.31. The molecule has 2 rings (SSSR count). The quantitative estimate of drug-likeness (QED) is 0.530. The van der Waals surface area contributed by atoms with Crippen LogP contribution in [0.1, 0.15) is 20.8 Å². The van der Waals surface area contributed by atoms with E-state index in [2.05, 4.69) is 9.73 Å². The number of likely N-dealkylation sites (tertiary alicyclic amines) is 1. The number of ether oxygens (including phenoxy) is 1. The molecule has 0 aromatic rings. The normalized spacial score (nSPS) is 28.3. The van der Waals surface area contributed by atoms with E-state index in [1.165, 1.54) is 0 Å². The van der Waals surface area contributed by atoms with Crippen molar-refractivity contribution >= 4 is 24.0 Å². The van der Waals surface area contributed by atoms with Crippen LogP contribution in [0.15, 0.2) is 4.99 Å². The Morgan fingerprint density at radius 1 is 1.29 bits per heavy atom. The molecule has 1 aliphatic carbocycles. The van der Waals surface area contributed by atoms with E-state index in [0.29, 0.717) is 6.21 Å². The van der Waals surface area contributed by atoms with Crippen LogP contribution in [-0.4, -0.2) is 65.5 Å². The van der Waals surface area contributed by atoms with Gasteiger partial charge in [0.05, 0.1) is 12.0 Å². The van der Waals surface area contributed by atoms with Gasteiger partial charge in [-0.15, -0.1) is 0 Å². The number of hydrogen-bond acceptors (Lipinski definition) is 4. The molecule has 1 N–H and O–H groups in total. The Hall–Kier alpha value is -2.11. The van der Waals surface area contributed by atoms with Gasteiger partial charge < -0.3 is 14.7 Å². The Morgan fingerprint density at radius 2 is 1.86 bits per heavy atom. The number of carbonyl (C=O) groups excluding carboxylic acids is 2. The average Bonchev–Trinajstić information content (AvgIpc) is 2.91. The summed E-state index contributed by atoms with van der Waals surface area (Å²) in [6.45, 7) is 1.31. The second-order valence-electron chi connectivity index (χ2n) is 7.44. The van der Waals surface area contributed by atoms with Gasteiger partial charge in [-0.2, -0.15) is 22.0 Å². The van der Waals surface area contributed by atoms with Crippen molar-refractivity contribution in [3.05, 3.63) is 0 Å². The first-order chi connectivity index (χ1) is 12.7. The van der Waals surface area contributed by atoms with Crippen molar-refractivity contribution in [1.82, 2.24) is 4.90 Å². The summed E-state index contributed by atoms with van der Waals surface area (Å²) >= 11 is 0. The van der Waals surface area contributed by atoms with Crippen LogP contribution in [0.4, 0.5) is 22.0 Å². The number of carboxylic acids is 1. The summed E-state index contributed by atoms with van der Waals surface area (Å²) in [5.74, 6) is -7.16. The number of aliphatic imine (C=N–C) groups is 1. The lowest BCUT2D eigenvalue weighted by atomic mass is 9.97. The highest BCUT2D eigenvalue weighted by Crippen LogP contribution is 2.65. The average molecular weight is 414 g/mol. The van der Waals surface area contributed by atoms with Gasteiger partial charge in [-0.25, -0.2) is 9.79 Å². The molecule has 2 amide bonds. The maximum Gasteiger partial charge on any atom is 0.473 e. The number of aliphatic carboxylic acids is 1. The molecule has 7 nitrogen and oxygen atoms in total. The van der Waals surface area contributed by atoms with Gasteiger partial charge in [-0.1, -0.05) is 13.8 Å². The highest BCUT2D eigenvalue weighted by atomic mass is 19.4. The zero-order valence-electron chi connectivity index (χ0n) is 15.1. The molecular weight excluding hydrogens is 395 g/mol. The van der Waals surface area contributed by atoms with Gasteiger partial charge in [0.15, 0.2) is 0 Å². The molecule has 0 aromatic carbocycles. The minimum absolute atomic E-state index is 0.00637. The molecule has 2 fully saturated rings. The van der Waals surface area contributed by atoms with E-state index < -0.39 is 48.6 Å². The topological polar surface area (TPSA) is 96.3 Å². The van der Waals surface area contributed by atoms with Crippen molar-refractivity contribution in [3.63, 3.8) is 0 Å². The lowest BCUT2D eigenvalue weighted by Gasteiger charge is -2.31. The monoisotopic (exact) mass is 414 g/mol. The SMILES string of the molecule is C[C@@H](OC(F)F)C(C=NC(=O)C(F)(F)F)C(=O)N1C[C@H]2[C@@H]([C@H]1C(=O)O)C2(C)C. The summed E-state index contributed by atoms with van der Waals surface area (Å²) in [6.07, 6.45) is -6.66. The molecule has 0 bridgehead atoms. The molecule has 2 aliphatic rings. The third kappa shape index (κ3) is 4.15. The number of fused-ring (bicyclic) bond motifs is 1. The molecule has 1 heterocycles. The molecule has 0 radical (unpaired) electrons. The van der Waals surface area contributed by atoms with Crippen molar-refractivity contribution in [2.45, 2.75) is 45.7 Å². The highest BCUT2D eigenvalue weighted by molar-refractivity contribution is 6.00. The van der Waals surface area contributed by atoms with E-state index in [1.54, 1.807) is 0 Å². The molecule has 5 atom stereocenters. The first-order valence-corrected chi connectivity index (χ1v) is 8.31. The molecular formula is C16H19F5N2O5. The maximum absolute atomic E-state index is 12.8. The Kier molecular flexibility index (Phi) is 5.84. The van der Waals surface area contributed by atoms with Crippen LogP contribution in [0.3, 0.4) is 0 Å². The molecule has 1 aliphatic heterocycles. The van der Waals surface area contributed by atoms with E-state index in [4.69, 9.17) is 0 Å². The molecule has 0 aromatic heterocycles. The van der Waals surface area contributed by atoms with Gasteiger partial charge in [0.25, 0.3) is 0 Å². The first kappa shape index (κ1) is 22.2. The van der Waals surface area contributed by atoms with E-state index in [-0.39, 0.29) is 23.8 Å². The largest absolute Gasteiger partial charge is 0.480 e. The van der Waals surface area contributed by atoms with Crippen LogP contribution in [0.25, 0.3) is 0 Å². The van der Waals surface area contributed by atoms with Crippen LogP contribution in [0.2, 0.25) is 0 Å². The highest BCUT2D eigenvalue weighted by Gasteiger charge is 2.69. The van der Waals surface area contributed by atoms with Crippen molar-refractivity contribution < 1.29 is 46.2 Å². The number of amides is 2. The van der Waals surface area contributed by atoms with Crippen LogP contribution in [-0.2, 0) is 19.1 Å². The molecule has 1 saturated carbocycles. The lowest BCUT2D eigenvalue weighted by Crippen LogP contribution is -2.50. The molecule has 28 heavy (non-hydrogen) atoms. The Labute approximate surface area is 156 Å². The zero-order valence-corrected chi connectivity index (χ0v) is 15.1. The predicted molar refractivity (Wildman–Crippen MR) is 83.5 cm³/mol. The molecule has 158 valence electrons. The number of carbonyl (C=O) groups is 3. The zero-order chi connectivity index (χ0) is 21.6. The van der Waals surface area contributed by atoms with Gasteiger partial charge in [0.1, 0.15) is 6.04 Å². The Balaban J connectivity index is 2.27. The minimum Gasteiger partial charge on any atom is -0.480 e. The van der Waals surface area contributed by atoms with Crippen molar-refractivity contribution in [2.24, 2.45) is 28.2 Å². The summed E-state index contributed by atoms with van der Waals surface area (Å²) in [6, 6.07) is -1.25. The number of nitrogens with zero attached hydrogens (tertiary/aromatic N) is 2. The lowest BCUT2D eigenvalue weighted by molar-refractivity contribution is -0.174. The summed E-state index contributed by atoms with van der Waals surface area (Å²) in [5.41, 5.74) is -0.333. The fraction of sp³-hybridized carbons (Fsp3) is 0.750. The van der Waals surface area contributed by atoms with Gasteiger partial charge in [-0.3, -0.25) is 9.59 Å². The van der Waals surface area contributed by atoms with Crippen LogP contribution >= 0.6 is 0 Å². The van der Waals surface area contributed by atoms with Gasteiger partial charge >= 0.3 is 24.7 Å². The van der Waals surface area contributed by atoms with Crippen LogP contribution in [0.5, 0.6) is 0 Å². The minimum atomic E-state index is -5.31. The number of piperidine rings is 1. The number of hydrogen-bond donors (Lipinski definition) is 1. The Morgan fingerprint density at radius 3 is 2.32 bits per heavy atom. The second-order valence-corrected chi connectivity index (χ2v) is 7.44. The van der Waals surface area contributed by atoms with Gasteiger partial charge in [-0.05, 0) is 18.3 Å². The fourth-order valence-electron chi connectivity index (χ4n) is 3.84. The molecule has 1 saturated heterocycles. The van der Waals surface area contributed by atoms with Gasteiger partial charge in [0.2, 0.25) is 5.91 Å². The third-order valence-corrected chi connectivity index (χ3v) is 5.45. The van der Waals surface area contributed by atoms with Crippen molar-refractivity contribution in [2.75, 3.05) is 6.54 Å². The standard InChI is InChI=1S/C16H19F5N2O5/c1-6(28-14(17)18)7(4-22-13(27)16(19,20)21)11(24)23-5-8-9(15(8,2)3)10(23)12(25)26/h4,6-10,14H,5H2,1-3H3,(H,25,26)/t6-,7?,8+,9+,10+/m1/s1. The summed E-state index contributed by atoms with van der Waals surface area (Å²) in [5, 5.41) is 9.47. The third-order valence-electron chi connectivity index (χ3n) is 5.45. The van der Waals surface area contributed by atoms with Crippen molar-refractivity contribution in [3.8, 4) is 0 Å². The van der Waals surface area contributed by atoms with Gasteiger partial charge in [0, 0.05) is 18.7 Å². The molecule has 12 heteroatoms. The number of rotatable bonds is 6. The fourth-order valence-corrected chi connectivity index (χ4v) is 3.84. The van der Waals surface area contributed by atoms with E-state index in [1.807, 2.05) is 13.8 Å². The van der Waals surface area contributed by atoms with Crippen molar-refractivity contribution in [1.29, 1.82) is 0 Å². The van der Waals surface area contributed by atoms with E-state index in [9.17, 15) is 41.4 Å². The second kappa shape index (κ2) is 7.37. The molecule has 0 spiro atoms. The molecule has 1 unspecified atom stereocenters. The van der Waals surface area contributed by atoms with Crippen LogP contribution < -0.4 is 0 Å². The Bertz CT molecular complexity index is 693. The van der Waals surface area contributed by atoms with E-state index in [0.717, 1.165) is 11.8 Å². The number of carboxylic acid groups (broad SMARTS) is 1. The number of halogens is 5. The smallest absolute Gasteiger partial charge is 0.473 e. The summed E-state index contributed by atoms with van der Waals surface area (Å²) < 4.78 is 66.2. The summed E-state index contributed by atoms with van der Waals surface area (Å²) in [4.78, 5) is 38.9. The maximum atomic E-state index is 12.8. The summed E-state index contributed by atoms with van der Waals surface area (Å²) in [7, 11) is 0. The predicted octanol–water partition coefficient (Wildman–Crippen LogP) is 1.96. The van der Waals surface area contributed by atoms with Crippen LogP contribution in [0, 0.1) is 23.2 Å². The number of alkyl halides is 5. The van der Waals surface area contributed by atoms with E-state index >= 15 is 0 Å².